The molecule has 0 aromatic rings. The Morgan fingerprint density at radius 1 is 0.600 bits per heavy atom. The van der Waals surface area contributed by atoms with Gasteiger partial charge in [0.15, 0.2) is 0 Å². The predicted molar refractivity (Wildman–Crippen MR) is 193 cm³/mol. The van der Waals surface area contributed by atoms with Gasteiger partial charge in [0.2, 0.25) is 23.6 Å². The highest BCUT2D eigenvalue weighted by Gasteiger charge is 2.20. The van der Waals surface area contributed by atoms with E-state index in [-0.39, 0.29) is 42.9 Å². The van der Waals surface area contributed by atoms with Crippen LogP contribution < -0.4 is 21.3 Å². The average Bonchev–Trinajstić information content (AvgIpc) is 3.08. The number of carbonyl (C=O) groups is 6. The second kappa shape index (κ2) is 36.8. The fraction of sp³-hybridized carbons (Fsp3) is 0.778. The summed E-state index contributed by atoms with van der Waals surface area (Å²) in [5.74, 6) is -2.43. The molecule has 0 aromatic carbocycles. The second-order valence-corrected chi connectivity index (χ2v) is 11.9. The SMILES string of the molecule is C=CCC(=O)NCCOCCNC(=O)CC.CCCOCCNC(=O)CCC(NC(=O)CCCCCCCCCCCCCC(=O)O)C(=O)O. The first-order valence-electron chi connectivity index (χ1n) is 18.4. The molecule has 0 aromatic heterocycles. The van der Waals surface area contributed by atoms with Crippen molar-refractivity contribution in [3.05, 3.63) is 12.7 Å². The van der Waals surface area contributed by atoms with Gasteiger partial charge in [-0.2, -0.15) is 0 Å². The molecule has 1 unspecified atom stereocenters. The van der Waals surface area contributed by atoms with Crippen LogP contribution in [-0.4, -0.2) is 97.9 Å². The first-order chi connectivity index (χ1) is 24.1. The van der Waals surface area contributed by atoms with Gasteiger partial charge in [-0.05, 0) is 25.7 Å². The van der Waals surface area contributed by atoms with Crippen molar-refractivity contribution in [2.45, 2.75) is 135 Å². The number of unbranched alkanes of at least 4 members (excludes halogenated alkanes) is 10. The third-order valence-corrected chi connectivity index (χ3v) is 7.29. The number of nitrogens with one attached hydrogen (secondary N) is 4. The van der Waals surface area contributed by atoms with Gasteiger partial charge in [0.25, 0.3) is 0 Å². The number of ether oxygens (including phenoxy) is 2. The lowest BCUT2D eigenvalue weighted by molar-refractivity contribution is -0.142. The van der Waals surface area contributed by atoms with Crippen LogP contribution in [0.2, 0.25) is 0 Å². The van der Waals surface area contributed by atoms with Crippen LogP contribution >= 0.6 is 0 Å². The van der Waals surface area contributed by atoms with Gasteiger partial charge in [-0.1, -0.05) is 77.7 Å². The molecular formula is C36H66N4O10. The minimum absolute atomic E-state index is 0.0166. The molecule has 14 nitrogen and oxygen atoms in total. The Balaban J connectivity index is 0. The Morgan fingerprint density at radius 3 is 1.52 bits per heavy atom. The van der Waals surface area contributed by atoms with E-state index < -0.39 is 18.0 Å². The third kappa shape index (κ3) is 37.3. The number of hydrogen-bond donors (Lipinski definition) is 6. The van der Waals surface area contributed by atoms with E-state index in [0.29, 0.717) is 65.3 Å². The van der Waals surface area contributed by atoms with E-state index >= 15 is 0 Å². The van der Waals surface area contributed by atoms with Crippen LogP contribution in [-0.2, 0) is 38.2 Å². The fourth-order valence-electron chi connectivity index (χ4n) is 4.51. The Hall–Kier alpha value is -3.52. The summed E-state index contributed by atoms with van der Waals surface area (Å²) in [6, 6.07) is -1.06. The van der Waals surface area contributed by atoms with Crippen molar-refractivity contribution in [1.29, 1.82) is 0 Å². The number of carboxylic acid groups (broad SMARTS) is 2. The maximum absolute atomic E-state index is 12.1. The van der Waals surface area contributed by atoms with Crippen molar-refractivity contribution in [2.24, 2.45) is 0 Å². The molecule has 50 heavy (non-hydrogen) atoms. The van der Waals surface area contributed by atoms with E-state index in [9.17, 15) is 33.9 Å². The van der Waals surface area contributed by atoms with E-state index in [1.54, 1.807) is 13.0 Å². The normalized spacial score (nSPS) is 11.0. The summed E-state index contributed by atoms with van der Waals surface area (Å²) in [7, 11) is 0. The topological polar surface area (TPSA) is 209 Å². The lowest BCUT2D eigenvalue weighted by atomic mass is 10.0. The summed E-state index contributed by atoms with van der Waals surface area (Å²) in [4.78, 5) is 67.5. The molecule has 0 fully saturated rings. The first-order valence-corrected chi connectivity index (χ1v) is 18.4. The Kier molecular flexibility index (Phi) is 35.7. The third-order valence-electron chi connectivity index (χ3n) is 7.29. The van der Waals surface area contributed by atoms with Gasteiger partial charge in [0, 0.05) is 58.3 Å². The molecular weight excluding hydrogens is 648 g/mol. The fourth-order valence-corrected chi connectivity index (χ4v) is 4.51. The molecule has 14 heteroatoms. The van der Waals surface area contributed by atoms with E-state index in [0.717, 1.165) is 64.2 Å². The summed E-state index contributed by atoms with van der Waals surface area (Å²) < 4.78 is 10.5. The highest BCUT2D eigenvalue weighted by atomic mass is 16.5. The van der Waals surface area contributed by atoms with Crippen molar-refractivity contribution in [1.82, 2.24) is 21.3 Å². The molecule has 0 radical (unpaired) electrons. The van der Waals surface area contributed by atoms with E-state index in [4.69, 9.17) is 14.6 Å². The standard InChI is InChI=1S/C25H46N2O7.C11H20N2O3/c1-2-19-34-20-18-26-22(28)17-16-21(25(32)33)27-23(29)14-12-10-8-6-4-3-5-7-9-11-13-15-24(30)31;1-3-5-11(15)13-7-9-16-8-6-12-10(14)4-2/h21H,2-20H2,1H3,(H,26,28)(H,27,29)(H,30,31)(H,32,33);3H,1,4-9H2,2H3,(H,12,14)(H,13,15). The molecule has 1 atom stereocenters. The van der Waals surface area contributed by atoms with Crippen molar-refractivity contribution < 1.29 is 48.5 Å². The maximum Gasteiger partial charge on any atom is 0.326 e. The summed E-state index contributed by atoms with van der Waals surface area (Å²) >= 11 is 0. The average molecular weight is 715 g/mol. The molecule has 0 saturated carbocycles. The molecule has 0 bridgehead atoms. The number of amides is 4. The van der Waals surface area contributed by atoms with Gasteiger partial charge in [-0.3, -0.25) is 24.0 Å². The van der Waals surface area contributed by atoms with Gasteiger partial charge >= 0.3 is 11.9 Å². The highest BCUT2D eigenvalue weighted by molar-refractivity contribution is 5.84. The highest BCUT2D eigenvalue weighted by Crippen LogP contribution is 2.12. The van der Waals surface area contributed by atoms with E-state index in [1.165, 1.54) is 12.8 Å². The van der Waals surface area contributed by atoms with Gasteiger partial charge in [0.1, 0.15) is 6.04 Å². The first kappa shape index (κ1) is 48.6. The Morgan fingerprint density at radius 2 is 1.06 bits per heavy atom. The van der Waals surface area contributed by atoms with E-state index in [1.807, 2.05) is 6.92 Å². The Labute approximate surface area is 299 Å². The number of carbonyl (C=O) groups excluding carboxylic acids is 4. The van der Waals surface area contributed by atoms with Crippen LogP contribution in [0.15, 0.2) is 12.7 Å². The summed E-state index contributed by atoms with van der Waals surface area (Å²) in [5.41, 5.74) is 0. The minimum atomic E-state index is -1.13. The molecule has 0 aliphatic heterocycles. The van der Waals surface area contributed by atoms with Crippen LogP contribution in [0.1, 0.15) is 129 Å². The van der Waals surface area contributed by atoms with Crippen molar-refractivity contribution in [3.63, 3.8) is 0 Å². The summed E-state index contributed by atoms with van der Waals surface area (Å²) in [6.45, 7) is 10.6. The van der Waals surface area contributed by atoms with Crippen LogP contribution in [0.3, 0.4) is 0 Å². The van der Waals surface area contributed by atoms with Crippen LogP contribution in [0, 0.1) is 0 Å². The second-order valence-electron chi connectivity index (χ2n) is 11.9. The molecule has 4 amide bonds. The molecule has 0 saturated heterocycles. The molecule has 0 rings (SSSR count). The van der Waals surface area contributed by atoms with Crippen LogP contribution in [0.4, 0.5) is 0 Å². The molecule has 0 aliphatic rings. The molecule has 6 N–H and O–H groups in total. The van der Waals surface area contributed by atoms with Crippen molar-refractivity contribution in [2.75, 3.05) is 46.1 Å². The molecule has 0 heterocycles. The van der Waals surface area contributed by atoms with Gasteiger partial charge < -0.3 is 41.0 Å². The lowest BCUT2D eigenvalue weighted by Crippen LogP contribution is -2.41. The minimum Gasteiger partial charge on any atom is -0.481 e. The number of aliphatic carboxylic acids is 2. The van der Waals surface area contributed by atoms with Crippen LogP contribution in [0.5, 0.6) is 0 Å². The van der Waals surface area contributed by atoms with Gasteiger partial charge in [0.05, 0.1) is 19.8 Å². The number of hydrogen-bond acceptors (Lipinski definition) is 8. The van der Waals surface area contributed by atoms with E-state index in [2.05, 4.69) is 27.8 Å². The Bertz CT molecular complexity index is 933. The maximum atomic E-state index is 12.1. The van der Waals surface area contributed by atoms with Crippen molar-refractivity contribution in [3.8, 4) is 0 Å². The van der Waals surface area contributed by atoms with Gasteiger partial charge in [-0.15, -0.1) is 6.58 Å². The zero-order valence-electron chi connectivity index (χ0n) is 30.7. The predicted octanol–water partition coefficient (Wildman–Crippen LogP) is 4.26. The largest absolute Gasteiger partial charge is 0.481 e. The number of rotatable bonds is 33. The van der Waals surface area contributed by atoms with Gasteiger partial charge in [-0.25, -0.2) is 4.79 Å². The molecule has 0 spiro atoms. The smallest absolute Gasteiger partial charge is 0.326 e. The van der Waals surface area contributed by atoms with Crippen molar-refractivity contribution >= 4 is 35.6 Å². The van der Waals surface area contributed by atoms with Crippen LogP contribution in [0.25, 0.3) is 0 Å². The lowest BCUT2D eigenvalue weighted by Gasteiger charge is -2.14. The number of carboxylic acids is 2. The zero-order valence-corrected chi connectivity index (χ0v) is 30.7. The summed E-state index contributed by atoms with van der Waals surface area (Å²) in [5, 5.41) is 28.5. The molecule has 290 valence electrons. The quantitative estimate of drug-likeness (QED) is 0.0420. The monoisotopic (exact) mass is 714 g/mol. The summed E-state index contributed by atoms with van der Waals surface area (Å²) in [6.07, 6.45) is 15.3. The molecule has 0 aliphatic carbocycles. The zero-order chi connectivity index (χ0) is 37.7.